The van der Waals surface area contributed by atoms with Crippen LogP contribution in [0.2, 0.25) is 0 Å². The number of rotatable bonds is 5. The lowest BCUT2D eigenvalue weighted by Gasteiger charge is -2.21. The van der Waals surface area contributed by atoms with Crippen molar-refractivity contribution in [2.45, 2.75) is 20.4 Å². The molecule has 0 unspecified atom stereocenters. The van der Waals surface area contributed by atoms with Crippen LogP contribution in [0.25, 0.3) is 11.1 Å². The molecule has 2 aromatic carbocycles. The fraction of sp³-hybridized carbons (Fsp3) is 0.429. The Labute approximate surface area is 150 Å². The van der Waals surface area contributed by atoms with E-state index in [1.54, 1.807) is 14.2 Å². The highest BCUT2D eigenvalue weighted by atomic mass is 16.5. The van der Waals surface area contributed by atoms with E-state index in [0.29, 0.717) is 12.5 Å². The molecule has 0 spiro atoms. The maximum absolute atomic E-state index is 6.03. The van der Waals surface area contributed by atoms with Crippen molar-refractivity contribution in [2.24, 2.45) is 5.92 Å². The topological polar surface area (TPSA) is 30.9 Å². The number of hydrogen-bond donors (Lipinski definition) is 0. The molecule has 0 N–H and O–H groups in total. The van der Waals surface area contributed by atoms with Crippen LogP contribution in [0.5, 0.6) is 17.2 Å². The molecule has 3 rings (SSSR count). The van der Waals surface area contributed by atoms with E-state index in [2.05, 4.69) is 30.9 Å². The van der Waals surface area contributed by atoms with Crippen molar-refractivity contribution in [1.82, 2.24) is 4.90 Å². The van der Waals surface area contributed by atoms with Crippen molar-refractivity contribution in [3.05, 3.63) is 42.0 Å². The molecule has 1 aliphatic rings. The fourth-order valence-corrected chi connectivity index (χ4v) is 3.40. The van der Waals surface area contributed by atoms with Gasteiger partial charge in [-0.15, -0.1) is 0 Å². The molecular weight excluding hydrogens is 314 g/mol. The van der Waals surface area contributed by atoms with E-state index >= 15 is 0 Å². The molecule has 0 atom stereocenters. The summed E-state index contributed by atoms with van der Waals surface area (Å²) in [6.45, 7) is 8.04. The Balaban J connectivity index is 2.04. The number of ether oxygens (including phenoxy) is 3. The number of benzene rings is 2. The Kier molecular flexibility index (Phi) is 5.49. The second-order valence-corrected chi connectivity index (χ2v) is 6.84. The molecule has 1 heterocycles. The quantitative estimate of drug-likeness (QED) is 0.815. The molecule has 0 fully saturated rings. The van der Waals surface area contributed by atoms with Gasteiger partial charge >= 0.3 is 0 Å². The van der Waals surface area contributed by atoms with Crippen LogP contribution >= 0.6 is 0 Å². The first-order chi connectivity index (χ1) is 12.1. The molecule has 25 heavy (non-hydrogen) atoms. The zero-order valence-electron chi connectivity index (χ0n) is 15.5. The van der Waals surface area contributed by atoms with Gasteiger partial charge in [-0.05, 0) is 29.7 Å². The van der Waals surface area contributed by atoms with Gasteiger partial charge in [0.05, 0.1) is 14.2 Å². The largest absolute Gasteiger partial charge is 0.496 e. The van der Waals surface area contributed by atoms with Crippen molar-refractivity contribution in [2.75, 3.05) is 33.9 Å². The molecule has 0 saturated carbocycles. The molecule has 4 heteroatoms. The minimum atomic E-state index is 0.626. The highest BCUT2D eigenvalue weighted by Crippen LogP contribution is 2.40. The summed E-state index contributed by atoms with van der Waals surface area (Å²) in [7, 11) is 3.40. The van der Waals surface area contributed by atoms with E-state index in [0.717, 1.165) is 48.0 Å². The van der Waals surface area contributed by atoms with Gasteiger partial charge in [0.15, 0.2) is 11.5 Å². The average Bonchev–Trinajstić information content (AvgIpc) is 2.81. The Morgan fingerprint density at radius 3 is 2.56 bits per heavy atom. The summed E-state index contributed by atoms with van der Waals surface area (Å²) in [4.78, 5) is 2.45. The van der Waals surface area contributed by atoms with Gasteiger partial charge in [0, 0.05) is 30.8 Å². The van der Waals surface area contributed by atoms with Gasteiger partial charge < -0.3 is 14.2 Å². The summed E-state index contributed by atoms with van der Waals surface area (Å²) in [6.07, 6.45) is 0. The van der Waals surface area contributed by atoms with E-state index in [9.17, 15) is 0 Å². The number of para-hydroxylation sites is 1. The molecule has 4 nitrogen and oxygen atoms in total. The summed E-state index contributed by atoms with van der Waals surface area (Å²) in [5.74, 6) is 3.14. The van der Waals surface area contributed by atoms with Crippen LogP contribution < -0.4 is 14.2 Å². The third-order valence-corrected chi connectivity index (χ3v) is 4.44. The summed E-state index contributed by atoms with van der Waals surface area (Å²) in [5.41, 5.74) is 3.31. The second-order valence-electron chi connectivity index (χ2n) is 6.84. The molecule has 134 valence electrons. The van der Waals surface area contributed by atoms with Crippen molar-refractivity contribution in [1.29, 1.82) is 0 Å². The highest BCUT2D eigenvalue weighted by Gasteiger charge is 2.21. The van der Waals surface area contributed by atoms with Gasteiger partial charge in [-0.25, -0.2) is 0 Å². The highest BCUT2D eigenvalue weighted by molar-refractivity contribution is 5.74. The summed E-state index contributed by atoms with van der Waals surface area (Å²) >= 11 is 0. The molecule has 2 aromatic rings. The fourth-order valence-electron chi connectivity index (χ4n) is 3.40. The van der Waals surface area contributed by atoms with Crippen LogP contribution in [-0.2, 0) is 6.54 Å². The Bertz CT molecular complexity index is 727. The van der Waals surface area contributed by atoms with Crippen LogP contribution in [0, 0.1) is 5.92 Å². The molecule has 0 aromatic heterocycles. The molecular formula is C21H27NO3. The number of hydrogen-bond acceptors (Lipinski definition) is 4. The minimum Gasteiger partial charge on any atom is -0.496 e. The monoisotopic (exact) mass is 341 g/mol. The first-order valence-electron chi connectivity index (χ1n) is 8.81. The van der Waals surface area contributed by atoms with E-state index in [4.69, 9.17) is 14.2 Å². The van der Waals surface area contributed by atoms with Crippen LogP contribution in [0.4, 0.5) is 0 Å². The summed E-state index contributed by atoms with van der Waals surface area (Å²) < 4.78 is 17.2. The SMILES string of the molecule is COc1ccccc1-c1cc2c(c(OC)c1)OCCN(CC(C)C)C2. The molecule has 0 radical (unpaired) electrons. The first kappa shape index (κ1) is 17.6. The Morgan fingerprint density at radius 1 is 1.08 bits per heavy atom. The molecule has 0 aliphatic carbocycles. The number of methoxy groups -OCH3 is 2. The summed E-state index contributed by atoms with van der Waals surface area (Å²) in [6, 6.07) is 12.3. The zero-order valence-corrected chi connectivity index (χ0v) is 15.5. The lowest BCUT2D eigenvalue weighted by Crippen LogP contribution is -2.29. The predicted molar refractivity (Wildman–Crippen MR) is 101 cm³/mol. The summed E-state index contributed by atoms with van der Waals surface area (Å²) in [5, 5.41) is 0. The second kappa shape index (κ2) is 7.79. The van der Waals surface area contributed by atoms with E-state index in [1.807, 2.05) is 24.3 Å². The lowest BCUT2D eigenvalue weighted by atomic mass is 10.00. The van der Waals surface area contributed by atoms with Crippen LogP contribution in [-0.4, -0.2) is 38.8 Å². The van der Waals surface area contributed by atoms with Gasteiger partial charge in [0.25, 0.3) is 0 Å². The standard InChI is InChI=1S/C21H27NO3/c1-15(2)13-22-9-10-25-21-17(14-22)11-16(12-20(21)24-4)18-7-5-6-8-19(18)23-3/h5-8,11-12,15H,9-10,13-14H2,1-4H3. The van der Waals surface area contributed by atoms with Gasteiger partial charge in [-0.1, -0.05) is 32.0 Å². The van der Waals surface area contributed by atoms with E-state index in [1.165, 1.54) is 5.56 Å². The molecule has 0 amide bonds. The maximum Gasteiger partial charge on any atom is 0.165 e. The van der Waals surface area contributed by atoms with Crippen LogP contribution in [0.1, 0.15) is 19.4 Å². The third-order valence-electron chi connectivity index (χ3n) is 4.44. The Hall–Kier alpha value is -2.20. The average molecular weight is 341 g/mol. The van der Waals surface area contributed by atoms with Crippen LogP contribution in [0.15, 0.2) is 36.4 Å². The molecule has 1 aliphatic heterocycles. The van der Waals surface area contributed by atoms with Gasteiger partial charge in [0.2, 0.25) is 0 Å². The van der Waals surface area contributed by atoms with E-state index < -0.39 is 0 Å². The maximum atomic E-state index is 6.03. The van der Waals surface area contributed by atoms with Crippen molar-refractivity contribution < 1.29 is 14.2 Å². The number of nitrogens with zero attached hydrogens (tertiary/aromatic N) is 1. The van der Waals surface area contributed by atoms with Crippen molar-refractivity contribution in [3.8, 4) is 28.4 Å². The number of fused-ring (bicyclic) bond motifs is 1. The van der Waals surface area contributed by atoms with Gasteiger partial charge in [0.1, 0.15) is 12.4 Å². The first-order valence-corrected chi connectivity index (χ1v) is 8.81. The zero-order chi connectivity index (χ0) is 17.8. The normalized spacial score (nSPS) is 14.6. The Morgan fingerprint density at radius 2 is 1.84 bits per heavy atom. The van der Waals surface area contributed by atoms with Crippen LogP contribution in [0.3, 0.4) is 0 Å². The van der Waals surface area contributed by atoms with Crippen molar-refractivity contribution in [3.63, 3.8) is 0 Å². The third kappa shape index (κ3) is 3.90. The lowest BCUT2D eigenvalue weighted by molar-refractivity contribution is 0.205. The predicted octanol–water partition coefficient (Wildman–Crippen LogP) is 4.22. The minimum absolute atomic E-state index is 0.626. The molecule has 0 bridgehead atoms. The molecule has 0 saturated heterocycles. The van der Waals surface area contributed by atoms with Gasteiger partial charge in [-0.2, -0.15) is 0 Å². The van der Waals surface area contributed by atoms with Crippen molar-refractivity contribution >= 4 is 0 Å². The van der Waals surface area contributed by atoms with E-state index in [-0.39, 0.29) is 0 Å². The van der Waals surface area contributed by atoms with Gasteiger partial charge in [-0.3, -0.25) is 4.90 Å². The smallest absolute Gasteiger partial charge is 0.165 e.